The lowest BCUT2D eigenvalue weighted by atomic mass is 9.95. The van der Waals surface area contributed by atoms with Crippen molar-refractivity contribution in [1.82, 2.24) is 0 Å². The van der Waals surface area contributed by atoms with E-state index in [2.05, 4.69) is 193 Å². The zero-order valence-electron chi connectivity index (χ0n) is 29.8. The summed E-state index contributed by atoms with van der Waals surface area (Å²) >= 11 is 1.88. The molecule has 0 saturated carbocycles. The van der Waals surface area contributed by atoms with Crippen LogP contribution >= 0.6 is 11.3 Å². The second-order valence-electron chi connectivity index (χ2n) is 14.0. The summed E-state index contributed by atoms with van der Waals surface area (Å²) in [5, 5.41) is 7.42. The quantitative estimate of drug-likeness (QED) is 0.170. The van der Waals surface area contributed by atoms with Crippen molar-refractivity contribution in [3.63, 3.8) is 0 Å². The van der Waals surface area contributed by atoms with Gasteiger partial charge in [0.15, 0.2) is 0 Å². The van der Waals surface area contributed by atoms with Crippen molar-refractivity contribution in [2.24, 2.45) is 0 Å². The number of thiophene rings is 1. The van der Waals surface area contributed by atoms with Gasteiger partial charge in [0.2, 0.25) is 0 Å². The van der Waals surface area contributed by atoms with Crippen molar-refractivity contribution < 1.29 is 4.42 Å². The second kappa shape index (κ2) is 12.9. The molecule has 3 heteroatoms. The zero-order valence-corrected chi connectivity index (χ0v) is 30.6. The molecule has 0 fully saturated rings. The fourth-order valence-electron chi connectivity index (χ4n) is 8.30. The third-order valence-electron chi connectivity index (χ3n) is 10.9. The molecule has 0 aliphatic carbocycles. The highest BCUT2D eigenvalue weighted by Gasteiger charge is 2.20. The van der Waals surface area contributed by atoms with Gasteiger partial charge in [-0.3, -0.25) is 0 Å². The van der Waals surface area contributed by atoms with E-state index in [4.69, 9.17) is 4.42 Å². The van der Waals surface area contributed by atoms with E-state index in [9.17, 15) is 0 Å². The van der Waals surface area contributed by atoms with Gasteiger partial charge in [0.1, 0.15) is 11.2 Å². The van der Waals surface area contributed by atoms with Crippen LogP contribution in [0.1, 0.15) is 0 Å². The minimum atomic E-state index is 0.909. The molecule has 2 heterocycles. The van der Waals surface area contributed by atoms with E-state index in [1.807, 2.05) is 23.5 Å². The van der Waals surface area contributed by atoms with E-state index in [0.717, 1.165) is 50.1 Å². The SMILES string of the molecule is c1ccc(-c2ccccc2N(c2ccc(-c3cccc4c3oc3ccccc34)cc2)c2ccc3c(c2)sc2c4ccccc4c(-c4ccccc4)cc32)cc1. The van der Waals surface area contributed by atoms with Crippen molar-refractivity contribution in [2.75, 3.05) is 4.90 Å². The van der Waals surface area contributed by atoms with Gasteiger partial charge < -0.3 is 9.32 Å². The number of hydrogen-bond donors (Lipinski definition) is 0. The molecule has 11 rings (SSSR count). The van der Waals surface area contributed by atoms with E-state index in [-0.39, 0.29) is 0 Å². The van der Waals surface area contributed by atoms with Gasteiger partial charge in [0.25, 0.3) is 0 Å². The standard InChI is InChI=1S/C52H33NOS/c1-3-14-34(15-4-1)39-18-9-11-24-48(39)53(37-28-26-36(27-29-37)40-22-13-23-44-42-20-10-12-25-49(42)54-51(40)44)38-30-31-43-47-33-46(35-16-5-2-6-17-35)41-19-7-8-21-45(41)52(47)55-50(43)32-38/h1-33H. The number of rotatable bonds is 6. The van der Waals surface area contributed by atoms with Crippen LogP contribution in [0.4, 0.5) is 17.1 Å². The van der Waals surface area contributed by atoms with Crippen molar-refractivity contribution >= 4 is 81.3 Å². The predicted molar refractivity (Wildman–Crippen MR) is 235 cm³/mol. The summed E-state index contributed by atoms with van der Waals surface area (Å²) in [5.41, 5.74) is 12.2. The Morgan fingerprint density at radius 2 is 0.964 bits per heavy atom. The number of benzene rings is 9. The molecule has 0 bridgehead atoms. The highest BCUT2D eigenvalue weighted by molar-refractivity contribution is 7.26. The van der Waals surface area contributed by atoms with Gasteiger partial charge in [0, 0.05) is 58.8 Å². The smallest absolute Gasteiger partial charge is 0.143 e. The maximum Gasteiger partial charge on any atom is 0.143 e. The van der Waals surface area contributed by atoms with Crippen LogP contribution < -0.4 is 4.90 Å². The topological polar surface area (TPSA) is 16.4 Å². The summed E-state index contributed by atoms with van der Waals surface area (Å²) in [4.78, 5) is 2.41. The molecule has 2 nitrogen and oxygen atoms in total. The zero-order chi connectivity index (χ0) is 36.3. The highest BCUT2D eigenvalue weighted by atomic mass is 32.1. The Balaban J connectivity index is 1.09. The summed E-state index contributed by atoms with van der Waals surface area (Å²) in [6.07, 6.45) is 0. The van der Waals surface area contributed by atoms with Gasteiger partial charge in [-0.2, -0.15) is 0 Å². The lowest BCUT2D eigenvalue weighted by Gasteiger charge is -2.28. The molecule has 0 radical (unpaired) electrons. The van der Waals surface area contributed by atoms with Gasteiger partial charge in [-0.1, -0.05) is 158 Å². The van der Waals surface area contributed by atoms with Gasteiger partial charge in [-0.05, 0) is 70.1 Å². The maximum atomic E-state index is 6.43. The first-order valence-corrected chi connectivity index (χ1v) is 19.5. The van der Waals surface area contributed by atoms with E-state index in [1.165, 1.54) is 53.2 Å². The summed E-state index contributed by atoms with van der Waals surface area (Å²) in [6.45, 7) is 0. The largest absolute Gasteiger partial charge is 0.455 e. The Morgan fingerprint density at radius 1 is 0.364 bits per heavy atom. The fourth-order valence-corrected chi connectivity index (χ4v) is 9.56. The molecule has 9 aromatic carbocycles. The lowest BCUT2D eigenvalue weighted by Crippen LogP contribution is -2.11. The van der Waals surface area contributed by atoms with Crippen LogP contribution in [0.3, 0.4) is 0 Å². The minimum absolute atomic E-state index is 0.909. The molecule has 0 spiro atoms. The van der Waals surface area contributed by atoms with Crippen LogP contribution in [0.2, 0.25) is 0 Å². The van der Waals surface area contributed by atoms with E-state index in [1.54, 1.807) is 0 Å². The first-order chi connectivity index (χ1) is 27.3. The van der Waals surface area contributed by atoms with E-state index in [0.29, 0.717) is 0 Å². The highest BCUT2D eigenvalue weighted by Crippen LogP contribution is 2.47. The molecule has 0 amide bonds. The molecule has 0 atom stereocenters. The molecular formula is C52H33NOS. The number of furan rings is 1. The Hall–Kier alpha value is -6.94. The Kier molecular flexibility index (Phi) is 7.39. The molecule has 11 aromatic rings. The number of hydrogen-bond acceptors (Lipinski definition) is 3. The third-order valence-corrected chi connectivity index (χ3v) is 12.1. The summed E-state index contributed by atoms with van der Waals surface area (Å²) in [7, 11) is 0. The molecule has 0 aliphatic rings. The van der Waals surface area contributed by atoms with Crippen LogP contribution in [-0.4, -0.2) is 0 Å². The summed E-state index contributed by atoms with van der Waals surface area (Å²) < 4.78 is 9.02. The molecule has 0 N–H and O–H groups in total. The van der Waals surface area contributed by atoms with Gasteiger partial charge >= 0.3 is 0 Å². The van der Waals surface area contributed by atoms with Crippen LogP contribution in [0.25, 0.3) is 86.3 Å². The van der Waals surface area contributed by atoms with Crippen molar-refractivity contribution in [3.8, 4) is 33.4 Å². The van der Waals surface area contributed by atoms with Crippen LogP contribution in [0.5, 0.6) is 0 Å². The van der Waals surface area contributed by atoms with E-state index < -0.39 is 0 Å². The normalized spacial score (nSPS) is 11.6. The van der Waals surface area contributed by atoms with Crippen LogP contribution in [0.15, 0.2) is 205 Å². The molecule has 2 aromatic heterocycles. The van der Waals surface area contributed by atoms with Crippen molar-refractivity contribution in [1.29, 1.82) is 0 Å². The Labute approximate surface area is 322 Å². The molecule has 55 heavy (non-hydrogen) atoms. The maximum absolute atomic E-state index is 6.43. The summed E-state index contributed by atoms with van der Waals surface area (Å²) in [5.74, 6) is 0. The molecule has 0 saturated heterocycles. The van der Waals surface area contributed by atoms with Crippen LogP contribution in [0, 0.1) is 0 Å². The second-order valence-corrected chi connectivity index (χ2v) is 15.1. The van der Waals surface area contributed by atoms with Gasteiger partial charge in [-0.25, -0.2) is 0 Å². The minimum Gasteiger partial charge on any atom is -0.455 e. The predicted octanol–water partition coefficient (Wildman–Crippen LogP) is 15.6. The molecule has 0 aliphatic heterocycles. The molecular weight excluding hydrogens is 687 g/mol. The first kappa shape index (κ1) is 31.6. The van der Waals surface area contributed by atoms with Crippen molar-refractivity contribution in [3.05, 3.63) is 200 Å². The fraction of sp³-hybridized carbons (Fsp3) is 0. The monoisotopic (exact) mass is 719 g/mol. The van der Waals surface area contributed by atoms with Gasteiger partial charge in [0.05, 0.1) is 5.69 Å². The number of para-hydroxylation sites is 3. The Morgan fingerprint density at radius 3 is 1.76 bits per heavy atom. The molecule has 258 valence electrons. The van der Waals surface area contributed by atoms with Gasteiger partial charge in [-0.15, -0.1) is 11.3 Å². The average molecular weight is 720 g/mol. The van der Waals surface area contributed by atoms with Crippen LogP contribution in [-0.2, 0) is 0 Å². The first-order valence-electron chi connectivity index (χ1n) is 18.7. The van der Waals surface area contributed by atoms with Crippen molar-refractivity contribution in [2.45, 2.75) is 0 Å². The number of nitrogens with zero attached hydrogens (tertiary/aromatic N) is 1. The number of fused-ring (bicyclic) bond motifs is 8. The third kappa shape index (κ3) is 5.24. The summed E-state index contributed by atoms with van der Waals surface area (Å²) in [6, 6.07) is 72.1. The average Bonchev–Trinajstić information content (AvgIpc) is 3.83. The molecule has 0 unspecified atom stereocenters. The van der Waals surface area contributed by atoms with E-state index >= 15 is 0 Å². The number of anilines is 3. The Bertz CT molecular complexity index is 3190. The lowest BCUT2D eigenvalue weighted by molar-refractivity contribution is 0.670.